The molecule has 2 aromatic carbocycles. The maximum Gasteiger partial charge on any atom is 0.134 e. The number of hydrogen-bond donors (Lipinski definition) is 0. The number of benzene rings is 2. The fourth-order valence-corrected chi connectivity index (χ4v) is 2.81. The van der Waals surface area contributed by atoms with Crippen molar-refractivity contribution in [3.05, 3.63) is 64.5 Å². The highest BCUT2D eigenvalue weighted by Crippen LogP contribution is 2.28. The second kappa shape index (κ2) is 6.15. The fourth-order valence-electron chi connectivity index (χ4n) is 2.81. The molecule has 0 aromatic heterocycles. The van der Waals surface area contributed by atoms with E-state index in [1.165, 1.54) is 16.4 Å². The first-order valence-electron chi connectivity index (χ1n) is 7.45. The van der Waals surface area contributed by atoms with E-state index in [4.69, 9.17) is 4.74 Å². The van der Waals surface area contributed by atoms with Gasteiger partial charge in [-0.2, -0.15) is 0 Å². The van der Waals surface area contributed by atoms with Crippen molar-refractivity contribution in [1.29, 1.82) is 0 Å². The summed E-state index contributed by atoms with van der Waals surface area (Å²) in [5.41, 5.74) is 2.61. The first-order valence-corrected chi connectivity index (χ1v) is 7.45. The van der Waals surface area contributed by atoms with Crippen molar-refractivity contribution in [3.63, 3.8) is 0 Å². The van der Waals surface area contributed by atoms with Crippen molar-refractivity contribution >= 4 is 11.8 Å². The molecule has 108 valence electrons. The average molecular weight is 279 g/mol. The molecule has 0 radical (unpaired) electrons. The summed E-state index contributed by atoms with van der Waals surface area (Å²) in [6, 6.07) is 16.8. The summed E-state index contributed by atoms with van der Waals surface area (Å²) in [6.07, 6.45) is 4.07. The van der Waals surface area contributed by atoms with Crippen LogP contribution in [0.4, 0.5) is 0 Å². The van der Waals surface area contributed by atoms with Crippen LogP contribution in [0.25, 0.3) is 11.8 Å². The molecule has 2 aromatic rings. The molecule has 1 aliphatic heterocycles. The summed E-state index contributed by atoms with van der Waals surface area (Å²) in [7, 11) is 4.24. The highest BCUT2D eigenvalue weighted by molar-refractivity contribution is 5.72. The minimum absolute atomic E-state index is 0.952. The topological polar surface area (TPSA) is 12.5 Å². The van der Waals surface area contributed by atoms with Gasteiger partial charge >= 0.3 is 0 Å². The lowest BCUT2D eigenvalue weighted by Gasteiger charge is -2.13. The standard InChI is InChI=1S/C19H21NO/c1-20(2)13-7-11-17-16-9-4-3-8-15(16)14-21-19-12-6-5-10-18(17)19/h3-6,8-10,12,14H,7,11,13H2,1-2H3. The van der Waals surface area contributed by atoms with Gasteiger partial charge in [-0.1, -0.05) is 42.5 Å². The van der Waals surface area contributed by atoms with E-state index >= 15 is 0 Å². The maximum absolute atomic E-state index is 5.88. The Kier molecular flexibility index (Phi) is 4.07. The average Bonchev–Trinajstić information content (AvgIpc) is 2.65. The summed E-state index contributed by atoms with van der Waals surface area (Å²) in [5.74, 6) is 0.952. The van der Waals surface area contributed by atoms with Crippen molar-refractivity contribution in [2.24, 2.45) is 0 Å². The van der Waals surface area contributed by atoms with E-state index in [0.29, 0.717) is 0 Å². The molecule has 0 N–H and O–H groups in total. The molecule has 2 nitrogen and oxygen atoms in total. The zero-order chi connectivity index (χ0) is 14.7. The summed E-state index contributed by atoms with van der Waals surface area (Å²) in [6.45, 7) is 1.10. The Labute approximate surface area is 126 Å². The lowest BCUT2D eigenvalue weighted by Crippen LogP contribution is -2.26. The molecule has 21 heavy (non-hydrogen) atoms. The van der Waals surface area contributed by atoms with Crippen LogP contribution in [0.1, 0.15) is 18.4 Å². The molecular formula is C19H21NO. The summed E-state index contributed by atoms with van der Waals surface area (Å²) < 4.78 is 5.88. The molecule has 0 saturated carbocycles. The van der Waals surface area contributed by atoms with Gasteiger partial charge in [0.25, 0.3) is 0 Å². The number of fused-ring (bicyclic) bond motifs is 2. The molecule has 0 atom stereocenters. The third-order valence-corrected chi connectivity index (χ3v) is 3.84. The molecule has 3 rings (SSSR count). The molecule has 0 aliphatic carbocycles. The molecule has 2 heteroatoms. The van der Waals surface area contributed by atoms with E-state index in [1.54, 1.807) is 0 Å². The van der Waals surface area contributed by atoms with Crippen LogP contribution >= 0.6 is 0 Å². The van der Waals surface area contributed by atoms with E-state index in [-0.39, 0.29) is 0 Å². The lowest BCUT2D eigenvalue weighted by atomic mass is 9.97. The van der Waals surface area contributed by atoms with Gasteiger partial charge < -0.3 is 9.64 Å². The summed E-state index contributed by atoms with van der Waals surface area (Å²) in [4.78, 5) is 2.23. The summed E-state index contributed by atoms with van der Waals surface area (Å²) in [5, 5.41) is 2.45. The smallest absolute Gasteiger partial charge is 0.134 e. The molecule has 0 saturated heterocycles. The van der Waals surface area contributed by atoms with Crippen LogP contribution in [0.15, 0.2) is 48.5 Å². The van der Waals surface area contributed by atoms with Gasteiger partial charge in [0, 0.05) is 10.8 Å². The van der Waals surface area contributed by atoms with E-state index in [0.717, 1.165) is 30.4 Å². The van der Waals surface area contributed by atoms with Gasteiger partial charge in [0.2, 0.25) is 0 Å². The minimum atomic E-state index is 0.952. The van der Waals surface area contributed by atoms with E-state index in [1.807, 2.05) is 18.4 Å². The number of para-hydroxylation sites is 1. The van der Waals surface area contributed by atoms with Gasteiger partial charge in [-0.3, -0.25) is 0 Å². The van der Waals surface area contributed by atoms with E-state index < -0.39 is 0 Å². The SMILES string of the molecule is CN(C)CCCC1=c2ccccc2=COc2ccccc21. The first-order chi connectivity index (χ1) is 10.3. The Hall–Kier alpha value is -2.06. The zero-order valence-electron chi connectivity index (χ0n) is 12.7. The summed E-state index contributed by atoms with van der Waals surface area (Å²) >= 11 is 0. The Morgan fingerprint density at radius 3 is 2.57 bits per heavy atom. The van der Waals surface area contributed by atoms with Crippen LogP contribution in [-0.4, -0.2) is 25.5 Å². The molecule has 0 bridgehead atoms. The van der Waals surface area contributed by atoms with Gasteiger partial charge in [-0.15, -0.1) is 0 Å². The maximum atomic E-state index is 5.88. The van der Waals surface area contributed by atoms with Gasteiger partial charge in [0.1, 0.15) is 5.75 Å². The van der Waals surface area contributed by atoms with Gasteiger partial charge in [0.15, 0.2) is 0 Å². The van der Waals surface area contributed by atoms with Crippen molar-refractivity contribution in [2.45, 2.75) is 12.8 Å². The Morgan fingerprint density at radius 1 is 0.952 bits per heavy atom. The predicted molar refractivity (Wildman–Crippen MR) is 87.5 cm³/mol. The molecule has 1 heterocycles. The van der Waals surface area contributed by atoms with Crippen LogP contribution < -0.4 is 15.2 Å². The van der Waals surface area contributed by atoms with Crippen LogP contribution in [0, 0.1) is 0 Å². The molecule has 0 amide bonds. The molecule has 0 spiro atoms. The number of hydrogen-bond acceptors (Lipinski definition) is 2. The number of rotatable bonds is 4. The zero-order valence-corrected chi connectivity index (χ0v) is 12.7. The highest BCUT2D eigenvalue weighted by atomic mass is 16.5. The van der Waals surface area contributed by atoms with Crippen molar-refractivity contribution < 1.29 is 4.74 Å². The normalized spacial score (nSPS) is 13.0. The van der Waals surface area contributed by atoms with Crippen molar-refractivity contribution in [1.82, 2.24) is 4.90 Å². The van der Waals surface area contributed by atoms with Gasteiger partial charge in [-0.05, 0) is 50.3 Å². The van der Waals surface area contributed by atoms with Gasteiger partial charge in [-0.25, -0.2) is 0 Å². The van der Waals surface area contributed by atoms with Crippen LogP contribution in [-0.2, 0) is 0 Å². The van der Waals surface area contributed by atoms with E-state index in [9.17, 15) is 0 Å². The Balaban J connectivity index is 2.11. The third kappa shape index (κ3) is 3.01. The Bertz CT molecular complexity index is 746. The lowest BCUT2D eigenvalue weighted by molar-refractivity contribution is 0.402. The monoisotopic (exact) mass is 279 g/mol. The quantitative estimate of drug-likeness (QED) is 0.852. The molecular weight excluding hydrogens is 258 g/mol. The number of nitrogens with zero attached hydrogens (tertiary/aromatic N) is 1. The van der Waals surface area contributed by atoms with Gasteiger partial charge in [0.05, 0.1) is 6.26 Å². The highest BCUT2D eigenvalue weighted by Gasteiger charge is 2.12. The van der Waals surface area contributed by atoms with Crippen LogP contribution in [0.2, 0.25) is 0 Å². The second-order valence-corrected chi connectivity index (χ2v) is 5.70. The molecule has 1 aliphatic rings. The van der Waals surface area contributed by atoms with Crippen molar-refractivity contribution in [2.75, 3.05) is 20.6 Å². The largest absolute Gasteiger partial charge is 0.464 e. The Morgan fingerprint density at radius 2 is 1.71 bits per heavy atom. The third-order valence-electron chi connectivity index (χ3n) is 3.84. The number of ether oxygens (including phenoxy) is 1. The van der Waals surface area contributed by atoms with Crippen LogP contribution in [0.3, 0.4) is 0 Å². The predicted octanol–water partition coefficient (Wildman–Crippen LogP) is 2.36. The first kappa shape index (κ1) is 13.9. The van der Waals surface area contributed by atoms with Crippen molar-refractivity contribution in [3.8, 4) is 5.75 Å². The van der Waals surface area contributed by atoms with Crippen LogP contribution in [0.5, 0.6) is 5.75 Å². The molecule has 0 unspecified atom stereocenters. The molecule has 0 fully saturated rings. The second-order valence-electron chi connectivity index (χ2n) is 5.70. The minimum Gasteiger partial charge on any atom is -0.464 e. The fraction of sp³-hybridized carbons (Fsp3) is 0.263. The van der Waals surface area contributed by atoms with E-state index in [2.05, 4.69) is 55.4 Å².